The van der Waals surface area contributed by atoms with E-state index in [1.165, 1.54) is 19.3 Å². The molecule has 0 aromatic carbocycles. The molecular formula is C15H26N6O2. The van der Waals surface area contributed by atoms with Gasteiger partial charge in [-0.25, -0.2) is 9.48 Å². The molecule has 3 rings (SSSR count). The Morgan fingerprint density at radius 3 is 2.74 bits per heavy atom. The van der Waals surface area contributed by atoms with Crippen LogP contribution in [-0.4, -0.2) is 55.4 Å². The Hall–Kier alpha value is -1.70. The maximum Gasteiger partial charge on any atom is 0.318 e. The summed E-state index contributed by atoms with van der Waals surface area (Å²) in [6.07, 6.45) is 7.42. The summed E-state index contributed by atoms with van der Waals surface area (Å²) in [6, 6.07) is -0.135. The maximum absolute atomic E-state index is 12.4. The number of hydrogen-bond donors (Lipinski definition) is 2. The monoisotopic (exact) mass is 322 g/mol. The number of rotatable bonds is 4. The summed E-state index contributed by atoms with van der Waals surface area (Å²) in [6.45, 7) is 2.43. The van der Waals surface area contributed by atoms with E-state index in [0.717, 1.165) is 31.5 Å². The van der Waals surface area contributed by atoms with Crippen molar-refractivity contribution in [3.8, 4) is 0 Å². The number of nitrogens with zero attached hydrogens (tertiary/aromatic N) is 5. The number of aliphatic hydroxyl groups is 1. The van der Waals surface area contributed by atoms with Crippen molar-refractivity contribution in [1.29, 1.82) is 0 Å². The Kier molecular flexibility index (Phi) is 5.09. The highest BCUT2D eigenvalue weighted by Crippen LogP contribution is 2.37. The third kappa shape index (κ3) is 3.17. The van der Waals surface area contributed by atoms with Gasteiger partial charge in [0.2, 0.25) is 0 Å². The van der Waals surface area contributed by atoms with Crippen molar-refractivity contribution in [3.05, 3.63) is 5.82 Å². The second-order valence-corrected chi connectivity index (χ2v) is 6.45. The van der Waals surface area contributed by atoms with Gasteiger partial charge in [-0.2, -0.15) is 0 Å². The Bertz CT molecular complexity index is 528. The second kappa shape index (κ2) is 7.25. The van der Waals surface area contributed by atoms with E-state index < -0.39 is 0 Å². The molecule has 1 aliphatic carbocycles. The fourth-order valence-corrected chi connectivity index (χ4v) is 3.87. The zero-order valence-corrected chi connectivity index (χ0v) is 13.7. The highest BCUT2D eigenvalue weighted by Gasteiger charge is 2.40. The van der Waals surface area contributed by atoms with Crippen LogP contribution in [0, 0.1) is 0 Å². The minimum Gasteiger partial charge on any atom is -0.394 e. The summed E-state index contributed by atoms with van der Waals surface area (Å²) in [5.74, 6) is 0.763. The van der Waals surface area contributed by atoms with Gasteiger partial charge in [0.05, 0.1) is 24.7 Å². The zero-order chi connectivity index (χ0) is 16.2. The molecule has 2 atom stereocenters. The lowest BCUT2D eigenvalue weighted by molar-refractivity contribution is 0.133. The fraction of sp³-hybridized carbons (Fsp3) is 0.867. The molecule has 23 heavy (non-hydrogen) atoms. The zero-order valence-electron chi connectivity index (χ0n) is 13.7. The first-order valence-electron chi connectivity index (χ1n) is 8.71. The highest BCUT2D eigenvalue weighted by molar-refractivity contribution is 5.75. The third-order valence-corrected chi connectivity index (χ3v) is 5.01. The van der Waals surface area contributed by atoms with Gasteiger partial charge in [-0.1, -0.05) is 19.3 Å². The molecular weight excluding hydrogens is 296 g/mol. The molecule has 0 bridgehead atoms. The van der Waals surface area contributed by atoms with E-state index in [4.69, 9.17) is 0 Å². The van der Waals surface area contributed by atoms with Crippen molar-refractivity contribution in [3.63, 3.8) is 0 Å². The predicted molar refractivity (Wildman–Crippen MR) is 83.7 cm³/mol. The molecule has 2 fully saturated rings. The first-order valence-corrected chi connectivity index (χ1v) is 8.71. The van der Waals surface area contributed by atoms with Crippen LogP contribution in [0.4, 0.5) is 4.79 Å². The van der Waals surface area contributed by atoms with Crippen LogP contribution in [0.15, 0.2) is 0 Å². The van der Waals surface area contributed by atoms with E-state index in [0.29, 0.717) is 12.6 Å². The lowest BCUT2D eigenvalue weighted by atomic mass is 9.95. The smallest absolute Gasteiger partial charge is 0.318 e. The van der Waals surface area contributed by atoms with Gasteiger partial charge in [-0.15, -0.1) is 5.10 Å². The van der Waals surface area contributed by atoms with E-state index in [1.807, 2.05) is 11.6 Å². The van der Waals surface area contributed by atoms with E-state index in [-0.39, 0.29) is 24.7 Å². The number of amides is 2. The summed E-state index contributed by atoms with van der Waals surface area (Å²) < 4.78 is 1.93. The first kappa shape index (κ1) is 16.2. The van der Waals surface area contributed by atoms with Crippen LogP contribution in [0.1, 0.15) is 69.8 Å². The first-order chi connectivity index (χ1) is 11.3. The summed E-state index contributed by atoms with van der Waals surface area (Å²) in [5.41, 5.74) is 0. The van der Waals surface area contributed by atoms with Gasteiger partial charge in [0.25, 0.3) is 0 Å². The van der Waals surface area contributed by atoms with Crippen molar-refractivity contribution in [2.75, 3.05) is 13.2 Å². The van der Waals surface area contributed by atoms with Crippen molar-refractivity contribution in [1.82, 2.24) is 30.4 Å². The van der Waals surface area contributed by atoms with Gasteiger partial charge in [0, 0.05) is 6.54 Å². The summed E-state index contributed by atoms with van der Waals surface area (Å²) in [4.78, 5) is 14.2. The Morgan fingerprint density at radius 1 is 1.26 bits per heavy atom. The summed E-state index contributed by atoms with van der Waals surface area (Å²) in [7, 11) is 0. The molecule has 0 unspecified atom stereocenters. The minimum atomic E-state index is -0.164. The van der Waals surface area contributed by atoms with E-state index in [2.05, 4.69) is 20.8 Å². The van der Waals surface area contributed by atoms with Crippen LogP contribution in [-0.2, 0) is 0 Å². The Labute approximate surface area is 136 Å². The SMILES string of the molecule is CCNC(=O)N1[C@H](CO)CC[C@H]1c1nnnn1C1CCCCC1. The lowest BCUT2D eigenvalue weighted by Gasteiger charge is -2.30. The van der Waals surface area contributed by atoms with Crippen molar-refractivity contribution >= 4 is 6.03 Å². The van der Waals surface area contributed by atoms with E-state index >= 15 is 0 Å². The summed E-state index contributed by atoms with van der Waals surface area (Å²) >= 11 is 0. The Balaban J connectivity index is 1.85. The van der Waals surface area contributed by atoms with Gasteiger partial charge < -0.3 is 15.3 Å². The van der Waals surface area contributed by atoms with Crippen molar-refractivity contribution in [2.45, 2.75) is 70.0 Å². The van der Waals surface area contributed by atoms with E-state index in [9.17, 15) is 9.90 Å². The number of aliphatic hydroxyl groups excluding tert-OH is 1. The molecule has 1 aromatic heterocycles. The molecule has 1 aromatic rings. The van der Waals surface area contributed by atoms with Crippen LogP contribution in [0.5, 0.6) is 0 Å². The molecule has 2 N–H and O–H groups in total. The quantitative estimate of drug-likeness (QED) is 0.873. The molecule has 0 spiro atoms. The predicted octanol–water partition coefficient (Wildman–Crippen LogP) is 1.41. The molecule has 1 aliphatic heterocycles. The minimum absolute atomic E-state index is 0.0291. The number of nitrogens with one attached hydrogen (secondary N) is 1. The van der Waals surface area contributed by atoms with Gasteiger partial charge in [-0.05, 0) is 43.0 Å². The standard InChI is InChI=1S/C15H26N6O2/c1-2-16-15(23)20-12(10-22)8-9-13(20)14-17-18-19-21(14)11-6-4-3-5-7-11/h11-13,22H,2-10H2,1H3,(H,16,23)/t12-,13-/m0/s1. The number of carbonyl (C=O) groups is 1. The van der Waals surface area contributed by atoms with Gasteiger partial charge in [0.1, 0.15) is 0 Å². The molecule has 128 valence electrons. The average Bonchev–Trinajstić information content (AvgIpc) is 3.22. The van der Waals surface area contributed by atoms with Crippen LogP contribution >= 0.6 is 0 Å². The molecule has 1 saturated heterocycles. The van der Waals surface area contributed by atoms with Crippen molar-refractivity contribution < 1.29 is 9.90 Å². The molecule has 2 amide bonds. The van der Waals surface area contributed by atoms with Gasteiger partial charge in [-0.3, -0.25) is 0 Å². The number of likely N-dealkylation sites (tertiary alicyclic amines) is 1. The maximum atomic E-state index is 12.4. The largest absolute Gasteiger partial charge is 0.394 e. The fourth-order valence-electron chi connectivity index (χ4n) is 3.87. The van der Waals surface area contributed by atoms with Gasteiger partial charge in [0.15, 0.2) is 5.82 Å². The van der Waals surface area contributed by atoms with Crippen LogP contribution in [0.25, 0.3) is 0 Å². The average molecular weight is 322 g/mol. The summed E-state index contributed by atoms with van der Waals surface area (Å²) in [5, 5.41) is 24.8. The van der Waals surface area contributed by atoms with Gasteiger partial charge >= 0.3 is 6.03 Å². The van der Waals surface area contributed by atoms with Crippen LogP contribution in [0.3, 0.4) is 0 Å². The van der Waals surface area contributed by atoms with Crippen molar-refractivity contribution in [2.24, 2.45) is 0 Å². The second-order valence-electron chi connectivity index (χ2n) is 6.45. The number of tetrazole rings is 1. The molecule has 1 saturated carbocycles. The molecule has 2 heterocycles. The third-order valence-electron chi connectivity index (χ3n) is 5.01. The molecule has 8 heteroatoms. The normalized spacial score (nSPS) is 25.7. The molecule has 2 aliphatic rings. The number of urea groups is 1. The van der Waals surface area contributed by atoms with E-state index in [1.54, 1.807) is 4.90 Å². The molecule has 0 radical (unpaired) electrons. The Morgan fingerprint density at radius 2 is 2.04 bits per heavy atom. The number of carbonyl (C=O) groups excluding carboxylic acids is 1. The molecule has 8 nitrogen and oxygen atoms in total. The van der Waals surface area contributed by atoms with Crippen LogP contribution in [0.2, 0.25) is 0 Å². The lowest BCUT2D eigenvalue weighted by Crippen LogP contribution is -2.46. The highest BCUT2D eigenvalue weighted by atomic mass is 16.3. The van der Waals surface area contributed by atoms with Crippen LogP contribution < -0.4 is 5.32 Å². The number of hydrogen-bond acceptors (Lipinski definition) is 5. The number of aromatic nitrogens is 4. The topological polar surface area (TPSA) is 96.2 Å².